The van der Waals surface area contributed by atoms with Crippen molar-refractivity contribution >= 4 is 16.1 Å². The first-order valence-corrected chi connectivity index (χ1v) is 15.6. The average molecular weight is 591 g/mol. The van der Waals surface area contributed by atoms with Gasteiger partial charge in [-0.1, -0.05) is 0 Å². The topological polar surface area (TPSA) is 154 Å². The van der Waals surface area contributed by atoms with Crippen LogP contribution in [0.3, 0.4) is 0 Å². The van der Waals surface area contributed by atoms with E-state index in [9.17, 15) is 14.2 Å². The number of aromatic nitrogens is 2. The maximum atomic E-state index is 13.1. The Bertz CT molecular complexity index is 1120. The molecule has 13 nitrogen and oxygen atoms in total. The highest BCUT2D eigenvalue weighted by Crippen LogP contribution is 2.52. The molecule has 0 spiro atoms. The van der Waals surface area contributed by atoms with Gasteiger partial charge in [-0.2, -0.15) is 5.26 Å². The standard InChI is InChI=1S/C24H40N4O9P2/c1-8-34-39(31,35-9-2)16-12-19-21(37-38(33-15-10-13-25)28(17(3)4)18(5)6)22(32-7)23(36-19)27-14-11-20(29)26-24(27)30/h11-12,14,16-19,21-23H,8-10,15H2,1-7H3,(H,26,29,30)/b16-12+/t19-,21-,22-,23-,38?/m1/s1. The zero-order valence-corrected chi connectivity index (χ0v) is 25.3. The maximum absolute atomic E-state index is 13.1. The van der Waals surface area contributed by atoms with E-state index in [0.717, 1.165) is 0 Å². The highest BCUT2D eigenvalue weighted by atomic mass is 31.2. The molecule has 1 fully saturated rings. The van der Waals surface area contributed by atoms with Crippen LogP contribution in [-0.4, -0.2) is 71.5 Å². The summed E-state index contributed by atoms with van der Waals surface area (Å²) in [5, 5.41) is 9.05. The summed E-state index contributed by atoms with van der Waals surface area (Å²) < 4.78 is 51.8. The van der Waals surface area contributed by atoms with Crippen LogP contribution in [0, 0.1) is 11.3 Å². The molecule has 1 aromatic heterocycles. The quantitative estimate of drug-likeness (QED) is 0.220. The number of aromatic amines is 1. The molecule has 1 aliphatic heterocycles. The first kappa shape index (κ1) is 33.5. The van der Waals surface area contributed by atoms with E-state index < -0.39 is 51.9 Å². The van der Waals surface area contributed by atoms with E-state index in [0.29, 0.717) is 0 Å². The number of hydrogen-bond acceptors (Lipinski definition) is 11. The summed E-state index contributed by atoms with van der Waals surface area (Å²) in [4.78, 5) is 26.5. The number of rotatable bonds is 16. The van der Waals surface area contributed by atoms with Gasteiger partial charge in [0, 0.05) is 37.3 Å². The molecule has 1 unspecified atom stereocenters. The molecule has 220 valence electrons. The fourth-order valence-corrected chi connectivity index (χ4v) is 7.21. The third kappa shape index (κ3) is 9.15. The summed E-state index contributed by atoms with van der Waals surface area (Å²) in [6, 6.07) is 3.33. The second kappa shape index (κ2) is 15.9. The predicted molar refractivity (Wildman–Crippen MR) is 146 cm³/mol. The molecule has 1 saturated heterocycles. The van der Waals surface area contributed by atoms with Crippen LogP contribution in [-0.2, 0) is 32.1 Å². The van der Waals surface area contributed by atoms with Crippen molar-refractivity contribution in [2.75, 3.05) is 26.9 Å². The molecular weight excluding hydrogens is 550 g/mol. The van der Waals surface area contributed by atoms with Crippen LogP contribution in [0.1, 0.15) is 54.2 Å². The smallest absolute Gasteiger partial charge is 0.353 e. The third-order valence-electron chi connectivity index (χ3n) is 5.57. The summed E-state index contributed by atoms with van der Waals surface area (Å²) in [5.74, 6) is 1.31. The molecule has 0 bridgehead atoms. The Morgan fingerprint density at radius 1 is 1.21 bits per heavy atom. The largest absolute Gasteiger partial charge is 0.374 e. The van der Waals surface area contributed by atoms with Gasteiger partial charge < -0.3 is 27.6 Å². The molecule has 1 aliphatic rings. The minimum absolute atomic E-state index is 0.0317. The number of methoxy groups -OCH3 is 1. The van der Waals surface area contributed by atoms with E-state index in [4.69, 9.17) is 32.8 Å². The Hall–Kier alpha value is -1.71. The molecule has 5 atom stereocenters. The summed E-state index contributed by atoms with van der Waals surface area (Å²) in [5.41, 5.74) is -1.24. The Kier molecular flexibility index (Phi) is 13.7. The van der Waals surface area contributed by atoms with Gasteiger partial charge in [-0.3, -0.25) is 18.9 Å². The van der Waals surface area contributed by atoms with Crippen molar-refractivity contribution in [3.8, 4) is 6.07 Å². The molecular formula is C24H40N4O9P2. The number of ether oxygens (including phenoxy) is 2. The van der Waals surface area contributed by atoms with Gasteiger partial charge >= 0.3 is 13.3 Å². The van der Waals surface area contributed by atoms with Crippen LogP contribution < -0.4 is 11.2 Å². The van der Waals surface area contributed by atoms with Gasteiger partial charge in [0.25, 0.3) is 14.1 Å². The maximum Gasteiger partial charge on any atom is 0.353 e. The molecule has 1 aromatic rings. The van der Waals surface area contributed by atoms with Crippen LogP contribution in [0.25, 0.3) is 0 Å². The van der Waals surface area contributed by atoms with Crippen LogP contribution in [0.4, 0.5) is 0 Å². The Labute approximate surface area is 230 Å². The highest BCUT2D eigenvalue weighted by Gasteiger charge is 2.49. The summed E-state index contributed by atoms with van der Waals surface area (Å²) in [6.45, 7) is 11.9. The average Bonchev–Trinajstić information content (AvgIpc) is 3.19. The number of H-pyrrole nitrogens is 1. The van der Waals surface area contributed by atoms with E-state index in [1.54, 1.807) is 13.8 Å². The fourth-order valence-electron chi connectivity index (χ4n) is 4.11. The lowest BCUT2D eigenvalue weighted by Crippen LogP contribution is -2.41. The fraction of sp³-hybridized carbons (Fsp3) is 0.708. The first-order chi connectivity index (χ1) is 18.5. The van der Waals surface area contributed by atoms with Crippen molar-refractivity contribution in [1.82, 2.24) is 14.2 Å². The minimum atomic E-state index is -3.59. The Morgan fingerprint density at radius 2 is 1.85 bits per heavy atom. The van der Waals surface area contributed by atoms with E-state index in [1.807, 2.05) is 32.4 Å². The highest BCUT2D eigenvalue weighted by molar-refractivity contribution is 7.57. The van der Waals surface area contributed by atoms with E-state index in [-0.39, 0.29) is 38.3 Å². The lowest BCUT2D eigenvalue weighted by molar-refractivity contribution is -0.0482. The molecule has 0 radical (unpaired) electrons. The lowest BCUT2D eigenvalue weighted by Gasteiger charge is -2.38. The van der Waals surface area contributed by atoms with Crippen molar-refractivity contribution in [1.29, 1.82) is 5.26 Å². The van der Waals surface area contributed by atoms with Crippen molar-refractivity contribution in [2.24, 2.45) is 0 Å². The summed E-state index contributed by atoms with van der Waals surface area (Å²) in [7, 11) is -3.86. The third-order valence-corrected chi connectivity index (χ3v) is 9.47. The molecule has 0 saturated carbocycles. The van der Waals surface area contributed by atoms with Crippen molar-refractivity contribution < 1.29 is 32.1 Å². The van der Waals surface area contributed by atoms with E-state index >= 15 is 0 Å². The van der Waals surface area contributed by atoms with Gasteiger partial charge in [0.2, 0.25) is 0 Å². The van der Waals surface area contributed by atoms with Crippen molar-refractivity contribution in [2.45, 2.75) is 84.6 Å². The van der Waals surface area contributed by atoms with Crippen LogP contribution in [0.15, 0.2) is 33.7 Å². The van der Waals surface area contributed by atoms with Crippen LogP contribution in [0.5, 0.6) is 0 Å². The molecule has 0 amide bonds. The molecule has 15 heteroatoms. The summed E-state index contributed by atoms with van der Waals surface area (Å²) in [6.07, 6.45) is -0.567. The minimum Gasteiger partial charge on any atom is -0.374 e. The number of nitrogens with one attached hydrogen (secondary N) is 1. The van der Waals surface area contributed by atoms with Gasteiger partial charge in [0.1, 0.15) is 18.3 Å². The van der Waals surface area contributed by atoms with E-state index in [2.05, 4.69) is 11.1 Å². The monoisotopic (exact) mass is 590 g/mol. The second-order valence-corrected chi connectivity index (χ2v) is 12.3. The zero-order valence-electron chi connectivity index (χ0n) is 23.5. The molecule has 2 heterocycles. The van der Waals surface area contributed by atoms with Gasteiger partial charge in [-0.25, -0.2) is 9.46 Å². The number of nitriles is 1. The molecule has 1 N–H and O–H groups in total. The van der Waals surface area contributed by atoms with Crippen molar-refractivity contribution in [3.63, 3.8) is 0 Å². The van der Waals surface area contributed by atoms with Gasteiger partial charge in [0.15, 0.2) is 6.23 Å². The molecule has 2 rings (SSSR count). The normalized spacial score (nSPS) is 22.8. The first-order valence-electron chi connectivity index (χ1n) is 12.8. The Morgan fingerprint density at radius 3 is 2.36 bits per heavy atom. The summed E-state index contributed by atoms with van der Waals surface area (Å²) >= 11 is 0. The van der Waals surface area contributed by atoms with Gasteiger partial charge in [-0.05, 0) is 47.6 Å². The second-order valence-electron chi connectivity index (χ2n) is 9.04. The number of hydrogen-bond donors (Lipinski definition) is 1. The van der Waals surface area contributed by atoms with Crippen LogP contribution in [0.2, 0.25) is 0 Å². The van der Waals surface area contributed by atoms with Gasteiger partial charge in [0.05, 0.1) is 32.3 Å². The lowest BCUT2D eigenvalue weighted by atomic mass is 10.1. The SMILES string of the molecule is CCOP(=O)(/C=C/[C@H]1O[C@@H](n2ccc(=O)[nH]c2=O)[C@H](OC)[C@@H]1OP(OCCC#N)N(C(C)C)C(C)C)OCC. The molecule has 0 aliphatic carbocycles. The van der Waals surface area contributed by atoms with E-state index in [1.165, 1.54) is 35.8 Å². The van der Waals surface area contributed by atoms with Crippen molar-refractivity contribution in [3.05, 3.63) is 45.0 Å². The predicted octanol–water partition coefficient (Wildman–Crippen LogP) is 3.89. The molecule has 0 aromatic carbocycles. The zero-order chi connectivity index (χ0) is 29.2. The number of nitrogens with zero attached hydrogens (tertiary/aromatic N) is 3. The Balaban J connectivity index is 2.56. The van der Waals surface area contributed by atoms with Crippen LogP contribution >= 0.6 is 16.1 Å². The van der Waals surface area contributed by atoms with Gasteiger partial charge in [-0.15, -0.1) is 0 Å². The molecule has 39 heavy (non-hydrogen) atoms.